The molecule has 3 aromatic rings. The average Bonchev–Trinajstić information content (AvgIpc) is 2.91. The predicted molar refractivity (Wildman–Crippen MR) is 141 cm³/mol. The van der Waals surface area contributed by atoms with Crippen molar-refractivity contribution in [2.75, 3.05) is 13.7 Å². The summed E-state index contributed by atoms with van der Waals surface area (Å²) in [7, 11) is 1.69. The van der Waals surface area contributed by atoms with Crippen LogP contribution in [0.4, 0.5) is 0 Å². The van der Waals surface area contributed by atoms with Gasteiger partial charge in [-0.1, -0.05) is 56.5 Å². The first-order valence-electron chi connectivity index (χ1n) is 13.1. The highest BCUT2D eigenvalue weighted by molar-refractivity contribution is 5.59. The minimum absolute atomic E-state index is 0.641. The maximum Gasteiger partial charge on any atom is 0.119 e. The molecule has 180 valence electrons. The number of pyridine rings is 1. The van der Waals surface area contributed by atoms with Gasteiger partial charge in [-0.3, -0.25) is 4.98 Å². The van der Waals surface area contributed by atoms with Crippen LogP contribution < -0.4 is 9.47 Å². The lowest BCUT2D eigenvalue weighted by atomic mass is 9.79. The number of ether oxygens (including phenoxy) is 2. The van der Waals surface area contributed by atoms with Gasteiger partial charge in [0, 0.05) is 11.8 Å². The van der Waals surface area contributed by atoms with Gasteiger partial charge in [0.2, 0.25) is 0 Å². The molecular formula is C31H39NO2. The second kappa shape index (κ2) is 12.6. The van der Waals surface area contributed by atoms with Crippen molar-refractivity contribution in [3.8, 4) is 22.8 Å². The molecular weight excluding hydrogens is 418 g/mol. The lowest BCUT2D eigenvalue weighted by Gasteiger charge is -2.29. The Bertz CT molecular complexity index is 971. The molecule has 3 heteroatoms. The van der Waals surface area contributed by atoms with Gasteiger partial charge in [0.15, 0.2) is 0 Å². The van der Waals surface area contributed by atoms with Crippen molar-refractivity contribution in [1.82, 2.24) is 4.98 Å². The zero-order valence-corrected chi connectivity index (χ0v) is 20.8. The summed E-state index contributed by atoms with van der Waals surface area (Å²) in [5.74, 6) is 3.09. The van der Waals surface area contributed by atoms with Crippen LogP contribution in [-0.2, 0) is 6.42 Å². The third-order valence-electron chi connectivity index (χ3n) is 7.21. The van der Waals surface area contributed by atoms with Gasteiger partial charge >= 0.3 is 0 Å². The fraction of sp³-hybridized carbons (Fsp3) is 0.452. The van der Waals surface area contributed by atoms with E-state index in [2.05, 4.69) is 49.5 Å². The average molecular weight is 458 g/mol. The summed E-state index contributed by atoms with van der Waals surface area (Å²) >= 11 is 0. The number of aryl methyl sites for hydroxylation is 1. The molecule has 1 saturated carbocycles. The van der Waals surface area contributed by atoms with Gasteiger partial charge in [0.25, 0.3) is 0 Å². The molecule has 0 N–H and O–H groups in total. The van der Waals surface area contributed by atoms with Crippen LogP contribution in [0.2, 0.25) is 0 Å². The van der Waals surface area contributed by atoms with E-state index in [1.165, 1.54) is 68.1 Å². The number of hydrogen-bond donors (Lipinski definition) is 0. The van der Waals surface area contributed by atoms with Crippen molar-refractivity contribution >= 4 is 0 Å². The molecule has 1 fully saturated rings. The van der Waals surface area contributed by atoms with Crippen molar-refractivity contribution in [3.63, 3.8) is 0 Å². The number of unbranched alkanes of at least 4 members (excludes halogenated alkanes) is 3. The summed E-state index contributed by atoms with van der Waals surface area (Å²) in [4.78, 5) is 4.73. The van der Waals surface area contributed by atoms with E-state index < -0.39 is 0 Å². The quantitative estimate of drug-likeness (QED) is 0.272. The molecule has 1 aliphatic carbocycles. The SMILES string of the molecule is CCCCCCc1ccc(-c2ccc(C3CCC(COc4ccc(OC)cc4)CC3)cc2)nc1. The summed E-state index contributed by atoms with van der Waals surface area (Å²) in [6, 6.07) is 21.4. The highest BCUT2D eigenvalue weighted by atomic mass is 16.5. The normalized spacial score (nSPS) is 17.9. The van der Waals surface area contributed by atoms with Gasteiger partial charge in [-0.25, -0.2) is 0 Å². The molecule has 1 aliphatic rings. The van der Waals surface area contributed by atoms with Crippen LogP contribution in [-0.4, -0.2) is 18.7 Å². The van der Waals surface area contributed by atoms with Crippen molar-refractivity contribution in [1.29, 1.82) is 0 Å². The number of methoxy groups -OCH3 is 1. The molecule has 0 radical (unpaired) electrons. The van der Waals surface area contributed by atoms with Crippen LogP contribution in [0, 0.1) is 5.92 Å². The molecule has 1 aromatic heterocycles. The van der Waals surface area contributed by atoms with Crippen LogP contribution in [0.1, 0.15) is 75.3 Å². The van der Waals surface area contributed by atoms with Crippen LogP contribution >= 0.6 is 0 Å². The molecule has 34 heavy (non-hydrogen) atoms. The largest absolute Gasteiger partial charge is 0.497 e. The van der Waals surface area contributed by atoms with Gasteiger partial charge in [-0.2, -0.15) is 0 Å². The molecule has 0 aliphatic heterocycles. The van der Waals surface area contributed by atoms with E-state index in [0.29, 0.717) is 11.8 Å². The zero-order chi connectivity index (χ0) is 23.6. The fourth-order valence-corrected chi connectivity index (χ4v) is 4.97. The first-order chi connectivity index (χ1) is 16.7. The Labute approximate surface area is 205 Å². The van der Waals surface area contributed by atoms with Crippen molar-refractivity contribution in [2.45, 2.75) is 70.6 Å². The smallest absolute Gasteiger partial charge is 0.119 e. The standard InChI is InChI=1S/C31H39NO2/c1-3-4-5-6-7-24-10-21-31(32-22-24)28-15-13-27(14-16-28)26-11-8-25(9-12-26)23-34-30-19-17-29(33-2)18-20-30/h10,13-22,25-26H,3-9,11-12,23H2,1-2H3. The molecule has 0 bridgehead atoms. The molecule has 0 spiro atoms. The molecule has 0 unspecified atom stereocenters. The Hall–Kier alpha value is -2.81. The Kier molecular flexibility index (Phi) is 9.01. The molecule has 3 nitrogen and oxygen atoms in total. The van der Waals surface area contributed by atoms with E-state index >= 15 is 0 Å². The Balaban J connectivity index is 1.23. The second-order valence-corrected chi connectivity index (χ2v) is 9.69. The zero-order valence-electron chi connectivity index (χ0n) is 20.8. The van der Waals surface area contributed by atoms with Crippen LogP contribution in [0.5, 0.6) is 11.5 Å². The van der Waals surface area contributed by atoms with E-state index in [4.69, 9.17) is 14.5 Å². The second-order valence-electron chi connectivity index (χ2n) is 9.69. The van der Waals surface area contributed by atoms with E-state index in [-0.39, 0.29) is 0 Å². The van der Waals surface area contributed by atoms with Crippen molar-refractivity contribution in [2.24, 2.45) is 5.92 Å². The predicted octanol–water partition coefficient (Wildman–Crippen LogP) is 8.23. The molecule has 0 amide bonds. The van der Waals surface area contributed by atoms with E-state index in [9.17, 15) is 0 Å². The van der Waals surface area contributed by atoms with Gasteiger partial charge < -0.3 is 9.47 Å². The molecule has 0 atom stereocenters. The number of nitrogens with zero attached hydrogens (tertiary/aromatic N) is 1. The lowest BCUT2D eigenvalue weighted by Crippen LogP contribution is -2.19. The fourth-order valence-electron chi connectivity index (χ4n) is 4.97. The minimum atomic E-state index is 0.641. The van der Waals surface area contributed by atoms with Crippen LogP contribution in [0.15, 0.2) is 66.9 Å². The Morgan fingerprint density at radius 3 is 2.18 bits per heavy atom. The Morgan fingerprint density at radius 2 is 1.53 bits per heavy atom. The third-order valence-corrected chi connectivity index (χ3v) is 7.21. The van der Waals surface area contributed by atoms with Crippen molar-refractivity contribution < 1.29 is 9.47 Å². The van der Waals surface area contributed by atoms with Gasteiger partial charge in [0.1, 0.15) is 11.5 Å². The molecule has 0 saturated heterocycles. The number of benzene rings is 2. The summed E-state index contributed by atoms with van der Waals surface area (Å²) in [5, 5.41) is 0. The third kappa shape index (κ3) is 6.85. The van der Waals surface area contributed by atoms with E-state index in [1.807, 2.05) is 24.3 Å². The number of rotatable bonds is 11. The Morgan fingerprint density at radius 1 is 0.794 bits per heavy atom. The van der Waals surface area contributed by atoms with Gasteiger partial charge in [0.05, 0.1) is 19.4 Å². The molecule has 4 rings (SSSR count). The number of aromatic nitrogens is 1. The monoisotopic (exact) mass is 457 g/mol. The lowest BCUT2D eigenvalue weighted by molar-refractivity contribution is 0.200. The highest BCUT2D eigenvalue weighted by Gasteiger charge is 2.23. The molecule has 1 heterocycles. The summed E-state index contributed by atoms with van der Waals surface area (Å²) < 4.78 is 11.2. The summed E-state index contributed by atoms with van der Waals surface area (Å²) in [6.07, 6.45) is 13.3. The van der Waals surface area contributed by atoms with E-state index in [0.717, 1.165) is 30.2 Å². The topological polar surface area (TPSA) is 31.4 Å². The van der Waals surface area contributed by atoms with Crippen molar-refractivity contribution in [3.05, 3.63) is 78.0 Å². The van der Waals surface area contributed by atoms with Gasteiger partial charge in [-0.05, 0) is 91.8 Å². The van der Waals surface area contributed by atoms with E-state index in [1.54, 1.807) is 7.11 Å². The summed E-state index contributed by atoms with van der Waals surface area (Å²) in [5.41, 5.74) is 5.10. The van der Waals surface area contributed by atoms with Gasteiger partial charge in [-0.15, -0.1) is 0 Å². The first kappa shape index (κ1) is 24.3. The first-order valence-corrected chi connectivity index (χ1v) is 13.1. The maximum atomic E-state index is 6.03. The maximum absolute atomic E-state index is 6.03. The summed E-state index contributed by atoms with van der Waals surface area (Å²) in [6.45, 7) is 3.06. The minimum Gasteiger partial charge on any atom is -0.497 e. The molecule has 2 aromatic carbocycles. The van der Waals surface area contributed by atoms with Crippen LogP contribution in [0.3, 0.4) is 0 Å². The number of hydrogen-bond acceptors (Lipinski definition) is 3. The van der Waals surface area contributed by atoms with Crippen LogP contribution in [0.25, 0.3) is 11.3 Å². The highest BCUT2D eigenvalue weighted by Crippen LogP contribution is 2.36.